The summed E-state index contributed by atoms with van der Waals surface area (Å²) < 4.78 is 4.63. The summed E-state index contributed by atoms with van der Waals surface area (Å²) >= 11 is 1.35. The Labute approximate surface area is 86.7 Å². The number of ketones is 1. The van der Waals surface area contributed by atoms with Crippen LogP contribution in [0.4, 0.5) is 0 Å². The maximum Gasteiger partial charge on any atom is 0.348 e. The quantitative estimate of drug-likeness (QED) is 0.717. The molecular formula is C10H12O3S. The highest BCUT2D eigenvalue weighted by Gasteiger charge is 2.13. The molecule has 0 unspecified atom stereocenters. The molecule has 76 valence electrons. The molecule has 1 heterocycles. The largest absolute Gasteiger partial charge is 0.465 e. The summed E-state index contributed by atoms with van der Waals surface area (Å²) in [7, 11) is 1.36. The molecule has 0 aromatic carbocycles. The second kappa shape index (κ2) is 4.91. The van der Waals surface area contributed by atoms with Crippen molar-refractivity contribution < 1.29 is 14.3 Å². The standard InChI is InChI=1S/C10H12O3S/c1-7(11)3-4-8-5-6-14-9(8)10(12)13-2/h5-6H,3-4H2,1-2H3. The van der Waals surface area contributed by atoms with Crippen molar-refractivity contribution in [3.05, 3.63) is 21.9 Å². The highest BCUT2D eigenvalue weighted by molar-refractivity contribution is 7.12. The Morgan fingerprint density at radius 1 is 1.50 bits per heavy atom. The summed E-state index contributed by atoms with van der Waals surface area (Å²) in [6.45, 7) is 1.55. The van der Waals surface area contributed by atoms with Crippen molar-refractivity contribution in [3.63, 3.8) is 0 Å². The van der Waals surface area contributed by atoms with E-state index in [9.17, 15) is 9.59 Å². The first-order valence-corrected chi connectivity index (χ1v) is 5.17. The van der Waals surface area contributed by atoms with Gasteiger partial charge >= 0.3 is 5.97 Å². The third-order valence-electron chi connectivity index (χ3n) is 1.86. The zero-order valence-electron chi connectivity index (χ0n) is 8.20. The van der Waals surface area contributed by atoms with Gasteiger partial charge in [0, 0.05) is 6.42 Å². The van der Waals surface area contributed by atoms with Gasteiger partial charge in [-0.15, -0.1) is 11.3 Å². The minimum Gasteiger partial charge on any atom is -0.465 e. The highest BCUT2D eigenvalue weighted by atomic mass is 32.1. The van der Waals surface area contributed by atoms with Gasteiger partial charge in [0.2, 0.25) is 0 Å². The number of hydrogen-bond acceptors (Lipinski definition) is 4. The van der Waals surface area contributed by atoms with E-state index < -0.39 is 0 Å². The smallest absolute Gasteiger partial charge is 0.348 e. The van der Waals surface area contributed by atoms with Gasteiger partial charge in [-0.1, -0.05) is 0 Å². The van der Waals surface area contributed by atoms with E-state index in [-0.39, 0.29) is 11.8 Å². The SMILES string of the molecule is COC(=O)c1sccc1CCC(C)=O. The number of aryl methyl sites for hydroxylation is 1. The maximum atomic E-state index is 11.2. The monoisotopic (exact) mass is 212 g/mol. The van der Waals surface area contributed by atoms with Crippen LogP contribution in [0.3, 0.4) is 0 Å². The van der Waals surface area contributed by atoms with Crippen molar-refractivity contribution in [3.8, 4) is 0 Å². The van der Waals surface area contributed by atoms with E-state index in [0.29, 0.717) is 17.7 Å². The van der Waals surface area contributed by atoms with Gasteiger partial charge < -0.3 is 9.53 Å². The minimum absolute atomic E-state index is 0.131. The first-order valence-electron chi connectivity index (χ1n) is 4.29. The van der Waals surface area contributed by atoms with Crippen LogP contribution < -0.4 is 0 Å². The second-order valence-corrected chi connectivity index (χ2v) is 3.88. The molecule has 1 aromatic heterocycles. The molecule has 14 heavy (non-hydrogen) atoms. The molecule has 0 amide bonds. The minimum atomic E-state index is -0.321. The lowest BCUT2D eigenvalue weighted by molar-refractivity contribution is -0.116. The van der Waals surface area contributed by atoms with Crippen LogP contribution in [0, 0.1) is 0 Å². The van der Waals surface area contributed by atoms with Gasteiger partial charge in [0.25, 0.3) is 0 Å². The number of esters is 1. The fourth-order valence-electron chi connectivity index (χ4n) is 1.12. The molecule has 1 rings (SSSR count). The second-order valence-electron chi connectivity index (χ2n) is 2.97. The lowest BCUT2D eigenvalue weighted by Crippen LogP contribution is -2.03. The zero-order chi connectivity index (χ0) is 10.6. The third kappa shape index (κ3) is 2.67. The molecule has 0 aliphatic carbocycles. The van der Waals surface area contributed by atoms with E-state index in [1.807, 2.05) is 11.4 Å². The molecule has 0 radical (unpaired) electrons. The predicted molar refractivity (Wildman–Crippen MR) is 54.7 cm³/mol. The van der Waals surface area contributed by atoms with Crippen molar-refractivity contribution in [2.45, 2.75) is 19.8 Å². The molecule has 0 aliphatic rings. The van der Waals surface area contributed by atoms with Crippen molar-refractivity contribution >= 4 is 23.1 Å². The van der Waals surface area contributed by atoms with Crippen molar-refractivity contribution in [1.82, 2.24) is 0 Å². The van der Waals surface area contributed by atoms with Crippen LogP contribution in [-0.4, -0.2) is 18.9 Å². The van der Waals surface area contributed by atoms with Gasteiger partial charge in [-0.2, -0.15) is 0 Å². The normalized spacial score (nSPS) is 9.86. The molecule has 0 saturated heterocycles. The Hall–Kier alpha value is -1.16. The fraction of sp³-hybridized carbons (Fsp3) is 0.400. The van der Waals surface area contributed by atoms with Crippen molar-refractivity contribution in [2.24, 2.45) is 0 Å². The molecular weight excluding hydrogens is 200 g/mol. The van der Waals surface area contributed by atoms with Gasteiger partial charge in [-0.3, -0.25) is 0 Å². The van der Waals surface area contributed by atoms with Crippen LogP contribution in [-0.2, 0) is 16.0 Å². The summed E-state index contributed by atoms with van der Waals surface area (Å²) in [4.78, 5) is 22.6. The van der Waals surface area contributed by atoms with E-state index in [1.54, 1.807) is 6.92 Å². The average Bonchev–Trinajstić information content (AvgIpc) is 2.61. The number of thiophene rings is 1. The van der Waals surface area contributed by atoms with Gasteiger partial charge in [-0.05, 0) is 30.4 Å². The lowest BCUT2D eigenvalue weighted by Gasteiger charge is -2.00. The van der Waals surface area contributed by atoms with Crippen molar-refractivity contribution in [1.29, 1.82) is 0 Å². The Morgan fingerprint density at radius 2 is 2.21 bits per heavy atom. The van der Waals surface area contributed by atoms with Crippen LogP contribution in [0.15, 0.2) is 11.4 Å². The number of hydrogen-bond donors (Lipinski definition) is 0. The Morgan fingerprint density at radius 3 is 2.79 bits per heavy atom. The maximum absolute atomic E-state index is 11.2. The number of methoxy groups -OCH3 is 1. The molecule has 0 atom stereocenters. The number of carbonyl (C=O) groups excluding carboxylic acids is 2. The number of Topliss-reactive ketones (excluding diaryl/α,β-unsaturated/α-hetero) is 1. The molecule has 0 aliphatic heterocycles. The Kier molecular flexibility index (Phi) is 3.83. The fourth-order valence-corrected chi connectivity index (χ4v) is 1.98. The van der Waals surface area contributed by atoms with E-state index in [0.717, 1.165) is 5.56 Å². The number of rotatable bonds is 4. The molecule has 0 saturated carbocycles. The summed E-state index contributed by atoms with van der Waals surface area (Å²) in [5, 5.41) is 1.84. The Balaban J connectivity index is 2.72. The molecule has 0 fully saturated rings. The number of carbonyl (C=O) groups is 2. The molecule has 0 bridgehead atoms. The number of ether oxygens (including phenoxy) is 1. The summed E-state index contributed by atoms with van der Waals surface area (Å²) in [6, 6.07) is 1.86. The molecule has 3 nitrogen and oxygen atoms in total. The van der Waals surface area contributed by atoms with Crippen LogP contribution in [0.1, 0.15) is 28.6 Å². The van der Waals surface area contributed by atoms with Gasteiger partial charge in [-0.25, -0.2) is 4.79 Å². The van der Waals surface area contributed by atoms with E-state index in [4.69, 9.17) is 0 Å². The third-order valence-corrected chi connectivity index (χ3v) is 2.80. The van der Waals surface area contributed by atoms with Crippen LogP contribution in [0.2, 0.25) is 0 Å². The summed E-state index contributed by atoms with van der Waals surface area (Å²) in [5.74, 6) is -0.189. The Bertz CT molecular complexity index is 341. The highest BCUT2D eigenvalue weighted by Crippen LogP contribution is 2.19. The molecule has 0 N–H and O–H groups in total. The topological polar surface area (TPSA) is 43.4 Å². The first kappa shape index (κ1) is 10.9. The van der Waals surface area contributed by atoms with Gasteiger partial charge in [0.05, 0.1) is 7.11 Å². The van der Waals surface area contributed by atoms with Gasteiger partial charge in [0.1, 0.15) is 10.7 Å². The zero-order valence-corrected chi connectivity index (χ0v) is 9.02. The lowest BCUT2D eigenvalue weighted by atomic mass is 10.1. The van der Waals surface area contributed by atoms with Crippen LogP contribution >= 0.6 is 11.3 Å². The molecule has 4 heteroatoms. The van der Waals surface area contributed by atoms with Gasteiger partial charge in [0.15, 0.2) is 0 Å². The molecule has 0 spiro atoms. The summed E-state index contributed by atoms with van der Waals surface area (Å²) in [6.07, 6.45) is 1.09. The van der Waals surface area contributed by atoms with E-state index in [1.165, 1.54) is 18.4 Å². The van der Waals surface area contributed by atoms with E-state index in [2.05, 4.69) is 4.74 Å². The molecule has 1 aromatic rings. The van der Waals surface area contributed by atoms with E-state index >= 15 is 0 Å². The van der Waals surface area contributed by atoms with Crippen molar-refractivity contribution in [2.75, 3.05) is 7.11 Å². The first-order chi connectivity index (χ1) is 6.65. The van der Waals surface area contributed by atoms with Crippen LogP contribution in [0.25, 0.3) is 0 Å². The predicted octanol–water partition coefficient (Wildman–Crippen LogP) is 2.06. The average molecular weight is 212 g/mol. The van der Waals surface area contributed by atoms with Crippen LogP contribution in [0.5, 0.6) is 0 Å². The summed E-state index contributed by atoms with van der Waals surface area (Å²) in [5.41, 5.74) is 0.900.